The van der Waals surface area contributed by atoms with Gasteiger partial charge in [-0.2, -0.15) is 0 Å². The summed E-state index contributed by atoms with van der Waals surface area (Å²) in [5.74, 6) is 1.19. The van der Waals surface area contributed by atoms with Gasteiger partial charge in [0, 0.05) is 0 Å². The fraction of sp³-hybridized carbons (Fsp3) is 0.636. The lowest BCUT2D eigenvalue weighted by Gasteiger charge is -2.26. The van der Waals surface area contributed by atoms with Crippen molar-refractivity contribution < 1.29 is 4.74 Å². The number of fused-ring (bicyclic) bond motifs is 1. The van der Waals surface area contributed by atoms with E-state index in [2.05, 4.69) is 44.2 Å². The Bertz CT molecular complexity index is 509. The van der Waals surface area contributed by atoms with Crippen molar-refractivity contribution >= 4 is 0 Å². The summed E-state index contributed by atoms with van der Waals surface area (Å²) >= 11 is 0. The molecule has 0 aliphatic heterocycles. The van der Waals surface area contributed by atoms with E-state index in [9.17, 15) is 0 Å². The Balaban J connectivity index is 1.85. The summed E-state index contributed by atoms with van der Waals surface area (Å²) in [6.45, 7) is 6.85. The van der Waals surface area contributed by atoms with Gasteiger partial charge in [0.2, 0.25) is 0 Å². The number of aryl methyl sites for hydroxylation is 1. The van der Waals surface area contributed by atoms with Gasteiger partial charge in [-0.1, -0.05) is 57.0 Å². The van der Waals surface area contributed by atoms with Crippen LogP contribution in [0.5, 0.6) is 0 Å². The van der Waals surface area contributed by atoms with Crippen molar-refractivity contribution in [3.05, 3.63) is 47.0 Å². The average molecular weight is 330 g/mol. The Morgan fingerprint density at radius 3 is 2.83 bits per heavy atom. The zero-order valence-electron chi connectivity index (χ0n) is 15.6. The molecule has 0 saturated heterocycles. The second-order valence-corrected chi connectivity index (χ2v) is 7.16. The molecule has 0 amide bonds. The van der Waals surface area contributed by atoms with E-state index in [1.807, 2.05) is 0 Å². The van der Waals surface area contributed by atoms with E-state index >= 15 is 0 Å². The smallest absolute Gasteiger partial charge is 0.0647 e. The molecular formula is C22H35NO. The zero-order chi connectivity index (χ0) is 17.2. The molecule has 0 saturated carbocycles. The summed E-state index contributed by atoms with van der Waals surface area (Å²) in [5.41, 5.74) is 10.5. The van der Waals surface area contributed by atoms with Gasteiger partial charge in [0.15, 0.2) is 0 Å². The topological polar surface area (TPSA) is 35.2 Å². The van der Waals surface area contributed by atoms with Crippen molar-refractivity contribution in [2.75, 3.05) is 19.8 Å². The van der Waals surface area contributed by atoms with E-state index in [1.165, 1.54) is 43.2 Å². The molecule has 24 heavy (non-hydrogen) atoms. The van der Waals surface area contributed by atoms with Crippen molar-refractivity contribution in [2.24, 2.45) is 11.7 Å². The predicted octanol–water partition coefficient (Wildman–Crippen LogP) is 5.01. The van der Waals surface area contributed by atoms with Crippen molar-refractivity contribution in [3.8, 4) is 0 Å². The van der Waals surface area contributed by atoms with Gasteiger partial charge >= 0.3 is 0 Å². The highest BCUT2D eigenvalue weighted by atomic mass is 16.5. The fourth-order valence-electron chi connectivity index (χ4n) is 3.67. The summed E-state index contributed by atoms with van der Waals surface area (Å²) in [6.07, 6.45) is 12.7. The highest BCUT2D eigenvalue weighted by molar-refractivity contribution is 5.36. The molecule has 0 spiro atoms. The van der Waals surface area contributed by atoms with E-state index in [4.69, 9.17) is 10.5 Å². The number of allylic oxidation sites excluding steroid dienone is 1. The molecule has 1 aromatic rings. The first-order valence-electron chi connectivity index (χ1n) is 9.82. The minimum Gasteiger partial charge on any atom is -0.377 e. The van der Waals surface area contributed by atoms with Crippen LogP contribution in [0.1, 0.15) is 68.6 Å². The van der Waals surface area contributed by atoms with Gasteiger partial charge in [-0.25, -0.2) is 0 Å². The van der Waals surface area contributed by atoms with Crippen LogP contribution in [0.15, 0.2) is 30.4 Å². The minimum atomic E-state index is 0.524. The molecule has 2 rings (SSSR count). The van der Waals surface area contributed by atoms with Crippen molar-refractivity contribution in [3.63, 3.8) is 0 Å². The zero-order valence-corrected chi connectivity index (χ0v) is 15.6. The molecule has 134 valence electrons. The molecule has 0 heterocycles. The largest absolute Gasteiger partial charge is 0.377 e. The van der Waals surface area contributed by atoms with Gasteiger partial charge in [0.25, 0.3) is 0 Å². The highest BCUT2D eigenvalue weighted by Gasteiger charge is 2.20. The molecule has 2 N–H and O–H groups in total. The monoisotopic (exact) mass is 329 g/mol. The lowest BCUT2D eigenvalue weighted by atomic mass is 9.82. The van der Waals surface area contributed by atoms with Crippen LogP contribution in [-0.2, 0) is 17.6 Å². The molecule has 2 nitrogen and oxygen atoms in total. The fourth-order valence-corrected chi connectivity index (χ4v) is 3.67. The molecule has 1 aliphatic carbocycles. The van der Waals surface area contributed by atoms with E-state index < -0.39 is 0 Å². The van der Waals surface area contributed by atoms with E-state index in [0.29, 0.717) is 11.8 Å². The first-order valence-corrected chi connectivity index (χ1v) is 9.82. The molecule has 0 radical (unpaired) electrons. The van der Waals surface area contributed by atoms with Crippen LogP contribution in [0.3, 0.4) is 0 Å². The number of hydrogen-bond acceptors (Lipinski definition) is 2. The van der Waals surface area contributed by atoms with Crippen molar-refractivity contribution in [2.45, 2.75) is 64.7 Å². The maximum Gasteiger partial charge on any atom is 0.0647 e. The quantitative estimate of drug-likeness (QED) is 0.484. The highest BCUT2D eigenvalue weighted by Crippen LogP contribution is 2.30. The summed E-state index contributed by atoms with van der Waals surface area (Å²) in [7, 11) is 0. The second kappa shape index (κ2) is 10.7. The van der Waals surface area contributed by atoms with Gasteiger partial charge < -0.3 is 10.5 Å². The SMILES string of the molecule is CCC/C=C\COCC1CCc2cc(C(CN)CCC)ccc2C1. The molecule has 2 unspecified atom stereocenters. The average Bonchev–Trinajstić information content (AvgIpc) is 2.62. The Morgan fingerprint density at radius 2 is 2.08 bits per heavy atom. The number of benzene rings is 1. The predicted molar refractivity (Wildman–Crippen MR) is 104 cm³/mol. The lowest BCUT2D eigenvalue weighted by Crippen LogP contribution is -2.20. The van der Waals surface area contributed by atoms with Crippen LogP contribution in [0, 0.1) is 5.92 Å². The van der Waals surface area contributed by atoms with Crippen LogP contribution in [0.4, 0.5) is 0 Å². The maximum atomic E-state index is 5.97. The van der Waals surface area contributed by atoms with Gasteiger partial charge in [0.05, 0.1) is 13.2 Å². The lowest BCUT2D eigenvalue weighted by molar-refractivity contribution is 0.116. The number of rotatable bonds is 10. The number of unbranched alkanes of at least 4 members (excludes halogenated alkanes) is 1. The summed E-state index contributed by atoms with van der Waals surface area (Å²) in [4.78, 5) is 0. The van der Waals surface area contributed by atoms with Gasteiger partial charge in [-0.05, 0) is 67.2 Å². The van der Waals surface area contributed by atoms with E-state index in [0.717, 1.165) is 32.6 Å². The van der Waals surface area contributed by atoms with Crippen LogP contribution >= 0.6 is 0 Å². The molecule has 2 heteroatoms. The van der Waals surface area contributed by atoms with Crippen LogP contribution in [-0.4, -0.2) is 19.8 Å². The third-order valence-corrected chi connectivity index (χ3v) is 5.14. The Labute approximate surface area is 148 Å². The minimum absolute atomic E-state index is 0.524. The Hall–Kier alpha value is -1.12. The van der Waals surface area contributed by atoms with Crippen molar-refractivity contribution in [1.29, 1.82) is 0 Å². The van der Waals surface area contributed by atoms with Crippen LogP contribution in [0.2, 0.25) is 0 Å². The third-order valence-electron chi connectivity index (χ3n) is 5.14. The number of hydrogen-bond donors (Lipinski definition) is 1. The number of ether oxygens (including phenoxy) is 1. The van der Waals surface area contributed by atoms with Gasteiger partial charge in [-0.3, -0.25) is 0 Å². The molecule has 1 aromatic carbocycles. The second-order valence-electron chi connectivity index (χ2n) is 7.16. The summed E-state index contributed by atoms with van der Waals surface area (Å²) in [5, 5.41) is 0. The Kier molecular flexibility index (Phi) is 8.55. The normalized spacial score (nSPS) is 18.7. The van der Waals surface area contributed by atoms with Crippen LogP contribution in [0.25, 0.3) is 0 Å². The van der Waals surface area contributed by atoms with Gasteiger partial charge in [0.1, 0.15) is 0 Å². The van der Waals surface area contributed by atoms with E-state index in [-0.39, 0.29) is 0 Å². The molecule has 1 aliphatic rings. The first kappa shape index (κ1) is 19.2. The third kappa shape index (κ3) is 5.75. The van der Waals surface area contributed by atoms with Crippen LogP contribution < -0.4 is 5.73 Å². The standard InChI is InChI=1S/C22H35NO/c1-3-5-6-7-13-24-17-18-9-10-20-15-21(12-11-19(20)14-18)22(16-23)8-4-2/h6-7,11-12,15,18,22H,3-5,8-10,13-14,16-17,23H2,1-2H3/b7-6-. The number of nitrogens with two attached hydrogens (primary N) is 1. The van der Waals surface area contributed by atoms with E-state index in [1.54, 1.807) is 5.56 Å². The summed E-state index contributed by atoms with van der Waals surface area (Å²) < 4.78 is 5.84. The maximum absolute atomic E-state index is 5.97. The Morgan fingerprint density at radius 1 is 1.21 bits per heavy atom. The molecule has 0 aromatic heterocycles. The summed E-state index contributed by atoms with van der Waals surface area (Å²) in [6, 6.07) is 7.08. The first-order chi connectivity index (χ1) is 11.8. The molecule has 2 atom stereocenters. The van der Waals surface area contributed by atoms with Crippen molar-refractivity contribution in [1.82, 2.24) is 0 Å². The molecular weight excluding hydrogens is 294 g/mol. The van der Waals surface area contributed by atoms with Gasteiger partial charge in [-0.15, -0.1) is 0 Å². The molecule has 0 fully saturated rings. The molecule has 0 bridgehead atoms.